The Balaban J connectivity index is 2.38. The Morgan fingerprint density at radius 2 is 2.10 bits per heavy atom. The lowest BCUT2D eigenvalue weighted by Gasteiger charge is -2.16. The summed E-state index contributed by atoms with van der Waals surface area (Å²) in [6, 6.07) is 0. The fourth-order valence-corrected chi connectivity index (χ4v) is 1.55. The van der Waals surface area contributed by atoms with Crippen LogP contribution in [0.3, 0.4) is 0 Å². The maximum absolute atomic E-state index is 12.8. The molecule has 2 atom stereocenters. The summed E-state index contributed by atoms with van der Waals surface area (Å²) in [6.45, 7) is 1.05. The maximum atomic E-state index is 12.8. The van der Waals surface area contributed by atoms with Gasteiger partial charge in [0, 0.05) is 6.42 Å². The van der Waals surface area contributed by atoms with E-state index in [0.717, 1.165) is 0 Å². The van der Waals surface area contributed by atoms with E-state index in [2.05, 4.69) is 11.3 Å². The van der Waals surface area contributed by atoms with E-state index in [1.165, 1.54) is 0 Å². The quantitative estimate of drug-likeness (QED) is 0.370. The Bertz CT molecular complexity index is 503. The fraction of sp³-hybridized carbons (Fsp3) is 0.700. The Morgan fingerprint density at radius 1 is 1.48 bits per heavy atom. The molecule has 0 bridgehead atoms. The number of hydrogen-bond donors (Lipinski definition) is 2. The number of aliphatic hydroxyl groups excluding tert-OH is 1. The van der Waals surface area contributed by atoms with E-state index >= 15 is 0 Å². The zero-order valence-corrected chi connectivity index (χ0v) is 11.5. The van der Waals surface area contributed by atoms with Crippen molar-refractivity contribution in [3.05, 3.63) is 12.2 Å². The second-order valence-electron chi connectivity index (χ2n) is 4.20. The first kappa shape index (κ1) is 17.9. The summed E-state index contributed by atoms with van der Waals surface area (Å²) in [5.74, 6) is -1.00. The predicted octanol–water partition coefficient (Wildman–Crippen LogP) is -0.310. The molecule has 0 radical (unpaired) electrons. The normalized spacial score (nSPS) is 23.0. The Kier molecular flexibility index (Phi) is 5.75. The minimum atomic E-state index is -5.60. The van der Waals surface area contributed by atoms with Crippen LogP contribution < -0.4 is 0 Å². The van der Waals surface area contributed by atoms with Gasteiger partial charge >= 0.3 is 21.3 Å². The predicted molar refractivity (Wildman–Crippen MR) is 62.9 cm³/mol. The van der Waals surface area contributed by atoms with Crippen LogP contribution in [0.5, 0.6) is 0 Å². The van der Waals surface area contributed by atoms with Gasteiger partial charge in [-0.2, -0.15) is 17.2 Å². The number of aliphatic hydroxyl groups is 1. The molecule has 2 N–H and O–H groups in total. The monoisotopic (exact) mass is 332 g/mol. The van der Waals surface area contributed by atoms with Gasteiger partial charge in [-0.05, 0) is 0 Å². The first-order valence-corrected chi connectivity index (χ1v) is 7.09. The molecule has 1 heterocycles. The van der Waals surface area contributed by atoms with Gasteiger partial charge in [0.1, 0.15) is 6.61 Å². The lowest BCUT2D eigenvalue weighted by molar-refractivity contribution is -0.163. The zero-order chi connectivity index (χ0) is 16.3. The molecule has 2 unspecified atom stereocenters. The van der Waals surface area contributed by atoms with Gasteiger partial charge in [0.05, 0.1) is 18.8 Å². The topological polar surface area (TPSA) is 119 Å². The average molecular weight is 332 g/mol. The van der Waals surface area contributed by atoms with Crippen molar-refractivity contribution in [2.24, 2.45) is 0 Å². The summed E-state index contributed by atoms with van der Waals surface area (Å²) in [5.41, 5.74) is -0.361. The summed E-state index contributed by atoms with van der Waals surface area (Å²) in [4.78, 5) is 11.5. The molecule has 0 aliphatic carbocycles. The molecular weight excluding hydrogens is 318 g/mol. The highest BCUT2D eigenvalue weighted by Crippen LogP contribution is 2.21. The van der Waals surface area contributed by atoms with Crippen LogP contribution in [0.25, 0.3) is 0 Å². The first-order chi connectivity index (χ1) is 9.54. The fourth-order valence-electron chi connectivity index (χ4n) is 1.32. The SMILES string of the molecule is C=C(COCC(F)(F)S(=O)(=O)O)C(=O)OC1CCOC1O. The third-order valence-electron chi connectivity index (χ3n) is 2.48. The van der Waals surface area contributed by atoms with Crippen molar-refractivity contribution in [1.29, 1.82) is 0 Å². The van der Waals surface area contributed by atoms with Crippen molar-refractivity contribution >= 4 is 16.1 Å². The first-order valence-electron chi connectivity index (χ1n) is 5.65. The highest BCUT2D eigenvalue weighted by molar-refractivity contribution is 7.86. The second-order valence-corrected chi connectivity index (χ2v) is 5.75. The van der Waals surface area contributed by atoms with E-state index < -0.39 is 46.9 Å². The molecule has 21 heavy (non-hydrogen) atoms. The Morgan fingerprint density at radius 3 is 2.57 bits per heavy atom. The number of carbonyl (C=O) groups excluding carboxylic acids is 1. The van der Waals surface area contributed by atoms with E-state index in [4.69, 9.17) is 14.0 Å². The highest BCUT2D eigenvalue weighted by Gasteiger charge is 2.44. The number of halogens is 2. The van der Waals surface area contributed by atoms with E-state index in [1.54, 1.807) is 0 Å². The largest absolute Gasteiger partial charge is 0.453 e. The zero-order valence-electron chi connectivity index (χ0n) is 10.7. The molecule has 1 aliphatic heterocycles. The molecule has 0 aromatic carbocycles. The van der Waals surface area contributed by atoms with E-state index in [9.17, 15) is 27.1 Å². The maximum Gasteiger partial charge on any atom is 0.392 e. The van der Waals surface area contributed by atoms with Gasteiger partial charge in [-0.3, -0.25) is 4.55 Å². The van der Waals surface area contributed by atoms with Crippen molar-refractivity contribution in [2.75, 3.05) is 19.8 Å². The van der Waals surface area contributed by atoms with Crippen LogP contribution in [-0.2, 0) is 29.1 Å². The van der Waals surface area contributed by atoms with Crippen LogP contribution in [-0.4, -0.2) is 61.5 Å². The molecule has 0 aromatic heterocycles. The van der Waals surface area contributed by atoms with Gasteiger partial charge in [-0.25, -0.2) is 4.79 Å². The number of alkyl halides is 2. The molecule has 1 rings (SSSR count). The van der Waals surface area contributed by atoms with Gasteiger partial charge in [-0.1, -0.05) is 6.58 Å². The van der Waals surface area contributed by atoms with Gasteiger partial charge < -0.3 is 19.3 Å². The van der Waals surface area contributed by atoms with Gasteiger partial charge in [-0.15, -0.1) is 0 Å². The number of rotatable bonds is 7. The lowest BCUT2D eigenvalue weighted by atomic mass is 10.3. The number of carbonyl (C=O) groups is 1. The molecule has 0 saturated carbocycles. The van der Waals surface area contributed by atoms with E-state index in [-0.39, 0.29) is 18.6 Å². The van der Waals surface area contributed by atoms with Crippen molar-refractivity contribution in [1.82, 2.24) is 0 Å². The number of ether oxygens (including phenoxy) is 3. The molecule has 122 valence electrons. The molecule has 0 amide bonds. The van der Waals surface area contributed by atoms with Crippen molar-refractivity contribution < 1.29 is 45.9 Å². The van der Waals surface area contributed by atoms with Crippen LogP contribution in [0.4, 0.5) is 8.78 Å². The summed E-state index contributed by atoms with van der Waals surface area (Å²) in [5, 5.41) is 4.74. The molecular formula is C10H14F2O8S. The molecule has 1 aliphatic rings. The third-order valence-corrected chi connectivity index (χ3v) is 3.35. The summed E-state index contributed by atoms with van der Waals surface area (Å²) >= 11 is 0. The summed E-state index contributed by atoms with van der Waals surface area (Å²) < 4.78 is 68.3. The third kappa shape index (κ3) is 4.97. The van der Waals surface area contributed by atoms with Crippen molar-refractivity contribution in [2.45, 2.75) is 24.1 Å². The van der Waals surface area contributed by atoms with Crippen LogP contribution in [0, 0.1) is 0 Å². The summed E-state index contributed by atoms with van der Waals surface area (Å²) in [7, 11) is -5.60. The second kappa shape index (κ2) is 6.75. The lowest BCUT2D eigenvalue weighted by Crippen LogP contribution is -2.34. The van der Waals surface area contributed by atoms with E-state index in [1.807, 2.05) is 0 Å². The standard InChI is InChI=1S/C10H14F2O8S/c1-6(4-18-5-10(11,12)21(15,16)17)8(13)20-7-2-3-19-9(7)14/h7,9,14H,1-5H2,(H,15,16,17). The van der Waals surface area contributed by atoms with Crippen molar-refractivity contribution in [3.8, 4) is 0 Å². The molecule has 11 heteroatoms. The molecule has 1 saturated heterocycles. The molecule has 0 spiro atoms. The van der Waals surface area contributed by atoms with Crippen LogP contribution in [0.15, 0.2) is 12.2 Å². The van der Waals surface area contributed by atoms with E-state index in [0.29, 0.717) is 0 Å². The van der Waals surface area contributed by atoms with Crippen LogP contribution in [0.2, 0.25) is 0 Å². The number of hydrogen-bond acceptors (Lipinski definition) is 7. The number of esters is 1. The molecule has 1 fully saturated rings. The minimum Gasteiger partial charge on any atom is -0.453 e. The summed E-state index contributed by atoms with van der Waals surface area (Å²) in [6.07, 6.45) is -1.90. The Labute approximate surface area is 119 Å². The smallest absolute Gasteiger partial charge is 0.392 e. The van der Waals surface area contributed by atoms with Gasteiger partial charge in [0.25, 0.3) is 0 Å². The molecule has 0 aromatic rings. The molecule has 8 nitrogen and oxygen atoms in total. The van der Waals surface area contributed by atoms with Gasteiger partial charge in [0.2, 0.25) is 0 Å². The Hall–Kier alpha value is -1.14. The minimum absolute atomic E-state index is 0.197. The highest BCUT2D eigenvalue weighted by atomic mass is 32.2. The van der Waals surface area contributed by atoms with Crippen molar-refractivity contribution in [3.63, 3.8) is 0 Å². The van der Waals surface area contributed by atoms with Crippen LogP contribution >= 0.6 is 0 Å². The van der Waals surface area contributed by atoms with Gasteiger partial charge in [0.15, 0.2) is 12.4 Å². The average Bonchev–Trinajstić information content (AvgIpc) is 2.73. The van der Waals surface area contributed by atoms with Crippen LogP contribution in [0.1, 0.15) is 6.42 Å².